The van der Waals surface area contributed by atoms with E-state index >= 15 is 0 Å². The lowest BCUT2D eigenvalue weighted by atomic mass is 9.95. The molecule has 0 aliphatic heterocycles. The zero-order chi connectivity index (χ0) is 13.3. The topological polar surface area (TPSA) is 50.4 Å². The predicted molar refractivity (Wildman–Crippen MR) is 70.4 cm³/mol. The van der Waals surface area contributed by atoms with Crippen molar-refractivity contribution in [2.75, 3.05) is 0 Å². The van der Waals surface area contributed by atoms with Gasteiger partial charge in [-0.25, -0.2) is 4.79 Å². The van der Waals surface area contributed by atoms with Crippen LogP contribution in [0.2, 0.25) is 0 Å². The van der Waals surface area contributed by atoms with Crippen LogP contribution in [0.4, 0.5) is 0 Å². The van der Waals surface area contributed by atoms with Gasteiger partial charge in [0.25, 0.3) is 0 Å². The van der Waals surface area contributed by atoms with E-state index in [9.17, 15) is 9.90 Å². The molecule has 0 bridgehead atoms. The van der Waals surface area contributed by atoms with Gasteiger partial charge in [-0.05, 0) is 32.4 Å². The predicted octanol–water partition coefficient (Wildman–Crippen LogP) is 2.84. The van der Waals surface area contributed by atoms with Gasteiger partial charge >= 0.3 is 5.63 Å². The molecule has 1 heterocycles. The highest BCUT2D eigenvalue weighted by Gasteiger charge is 2.25. The molecule has 1 aromatic heterocycles. The number of benzene rings is 1. The van der Waals surface area contributed by atoms with Crippen LogP contribution in [-0.4, -0.2) is 5.11 Å². The number of hydrogen-bond acceptors (Lipinski definition) is 3. The van der Waals surface area contributed by atoms with Gasteiger partial charge in [-0.1, -0.05) is 30.3 Å². The molecule has 0 saturated carbocycles. The summed E-state index contributed by atoms with van der Waals surface area (Å²) in [7, 11) is 0. The Bertz CT molecular complexity index is 604. The Balaban J connectivity index is 2.74. The first-order valence-corrected chi connectivity index (χ1v) is 5.82. The summed E-state index contributed by atoms with van der Waals surface area (Å²) in [5, 5.41) is 10.1. The molecule has 2 aromatic rings. The minimum Gasteiger partial charge on any atom is -0.424 e. The second-order valence-corrected chi connectivity index (χ2v) is 4.88. The second kappa shape index (κ2) is 4.42. The van der Waals surface area contributed by atoms with Crippen molar-refractivity contribution >= 4 is 0 Å². The van der Waals surface area contributed by atoms with Gasteiger partial charge < -0.3 is 9.52 Å². The van der Waals surface area contributed by atoms with E-state index in [1.807, 2.05) is 30.3 Å². The summed E-state index contributed by atoms with van der Waals surface area (Å²) in [5.74, 6) is 0.296. The van der Waals surface area contributed by atoms with Crippen molar-refractivity contribution in [3.63, 3.8) is 0 Å². The van der Waals surface area contributed by atoms with Crippen molar-refractivity contribution in [2.24, 2.45) is 0 Å². The minimum atomic E-state index is -1.20. The molecule has 0 amide bonds. The van der Waals surface area contributed by atoms with Crippen LogP contribution in [0.25, 0.3) is 11.1 Å². The smallest absolute Gasteiger partial charge is 0.338 e. The Labute approximate surface area is 106 Å². The average molecular weight is 244 g/mol. The Hall–Kier alpha value is -1.87. The average Bonchev–Trinajstić information content (AvgIpc) is 2.32. The first kappa shape index (κ1) is 12.6. The van der Waals surface area contributed by atoms with E-state index in [1.165, 1.54) is 0 Å². The lowest BCUT2D eigenvalue weighted by Crippen LogP contribution is -2.20. The Morgan fingerprint density at radius 1 is 1.17 bits per heavy atom. The quantitative estimate of drug-likeness (QED) is 0.883. The highest BCUT2D eigenvalue weighted by atomic mass is 16.4. The van der Waals surface area contributed by atoms with Gasteiger partial charge in [0.05, 0.1) is 0 Å². The van der Waals surface area contributed by atoms with E-state index in [0.717, 1.165) is 11.1 Å². The Kier molecular flexibility index (Phi) is 3.09. The minimum absolute atomic E-state index is 0.296. The maximum Gasteiger partial charge on any atom is 0.338 e. The van der Waals surface area contributed by atoms with Crippen LogP contribution >= 0.6 is 0 Å². The van der Waals surface area contributed by atoms with E-state index in [4.69, 9.17) is 4.42 Å². The molecule has 1 aromatic carbocycles. The SMILES string of the molecule is Cc1cc(-c2ccccc2)c(C(C)(C)O)oc1=O. The standard InChI is InChI=1S/C15H16O3/c1-10-9-12(11-7-5-4-6-8-11)13(15(2,3)17)18-14(10)16/h4-9,17H,1-3H3. The van der Waals surface area contributed by atoms with Crippen LogP contribution in [0.5, 0.6) is 0 Å². The van der Waals surface area contributed by atoms with Crippen LogP contribution in [0.3, 0.4) is 0 Å². The third-order valence-electron chi connectivity index (χ3n) is 2.76. The van der Waals surface area contributed by atoms with Crippen molar-refractivity contribution in [2.45, 2.75) is 26.4 Å². The molecule has 0 aliphatic rings. The van der Waals surface area contributed by atoms with Gasteiger partial charge in [-0.3, -0.25) is 0 Å². The molecule has 1 N–H and O–H groups in total. The summed E-state index contributed by atoms with van der Waals surface area (Å²) in [6.07, 6.45) is 0. The molecule has 0 aliphatic carbocycles. The summed E-state index contributed by atoms with van der Waals surface area (Å²) in [6, 6.07) is 11.3. The first-order valence-electron chi connectivity index (χ1n) is 5.82. The first-order chi connectivity index (χ1) is 8.39. The number of aliphatic hydroxyl groups is 1. The molecule has 18 heavy (non-hydrogen) atoms. The summed E-state index contributed by atoms with van der Waals surface area (Å²) < 4.78 is 5.25. The van der Waals surface area contributed by atoms with Gasteiger partial charge in [0.2, 0.25) is 0 Å². The van der Waals surface area contributed by atoms with Gasteiger partial charge in [-0.2, -0.15) is 0 Å². The van der Waals surface area contributed by atoms with E-state index < -0.39 is 11.2 Å². The number of hydrogen-bond donors (Lipinski definition) is 1. The van der Waals surface area contributed by atoms with Gasteiger partial charge in [0.1, 0.15) is 11.4 Å². The fourth-order valence-electron chi connectivity index (χ4n) is 1.86. The molecule has 0 saturated heterocycles. The van der Waals surface area contributed by atoms with Crippen molar-refractivity contribution in [1.29, 1.82) is 0 Å². The monoisotopic (exact) mass is 244 g/mol. The largest absolute Gasteiger partial charge is 0.424 e. The maximum absolute atomic E-state index is 11.6. The molecule has 0 fully saturated rings. The van der Waals surface area contributed by atoms with Crippen LogP contribution in [-0.2, 0) is 5.60 Å². The highest BCUT2D eigenvalue weighted by Crippen LogP contribution is 2.30. The molecule has 3 heteroatoms. The number of aryl methyl sites for hydroxylation is 1. The summed E-state index contributed by atoms with van der Waals surface area (Å²) in [5.41, 5.74) is 0.591. The summed E-state index contributed by atoms with van der Waals surface area (Å²) in [6.45, 7) is 4.91. The zero-order valence-electron chi connectivity index (χ0n) is 10.7. The number of rotatable bonds is 2. The molecular weight excluding hydrogens is 228 g/mol. The molecule has 0 radical (unpaired) electrons. The van der Waals surface area contributed by atoms with Crippen molar-refractivity contribution < 1.29 is 9.52 Å². The molecule has 3 nitrogen and oxygen atoms in total. The van der Waals surface area contributed by atoms with E-state index in [0.29, 0.717) is 11.3 Å². The molecule has 0 atom stereocenters. The van der Waals surface area contributed by atoms with Crippen molar-refractivity contribution in [3.8, 4) is 11.1 Å². The normalized spacial score (nSPS) is 11.6. The van der Waals surface area contributed by atoms with E-state index in [-0.39, 0.29) is 0 Å². The Morgan fingerprint density at radius 3 is 2.33 bits per heavy atom. The summed E-state index contributed by atoms with van der Waals surface area (Å²) in [4.78, 5) is 11.6. The summed E-state index contributed by atoms with van der Waals surface area (Å²) >= 11 is 0. The van der Waals surface area contributed by atoms with Crippen LogP contribution < -0.4 is 5.63 Å². The lowest BCUT2D eigenvalue weighted by Gasteiger charge is -2.19. The molecular formula is C15H16O3. The van der Waals surface area contributed by atoms with Gasteiger partial charge in [0, 0.05) is 11.1 Å². The van der Waals surface area contributed by atoms with Crippen LogP contribution in [0.1, 0.15) is 25.2 Å². The third-order valence-corrected chi connectivity index (χ3v) is 2.76. The van der Waals surface area contributed by atoms with Crippen molar-refractivity contribution in [3.05, 3.63) is 58.1 Å². The fraction of sp³-hybridized carbons (Fsp3) is 0.267. The third kappa shape index (κ3) is 2.36. The van der Waals surface area contributed by atoms with Gasteiger partial charge in [-0.15, -0.1) is 0 Å². The zero-order valence-corrected chi connectivity index (χ0v) is 10.7. The van der Waals surface area contributed by atoms with E-state index in [2.05, 4.69) is 0 Å². The molecule has 2 rings (SSSR count). The Morgan fingerprint density at radius 2 is 1.78 bits per heavy atom. The molecule has 94 valence electrons. The fourth-order valence-corrected chi connectivity index (χ4v) is 1.86. The maximum atomic E-state index is 11.6. The second-order valence-electron chi connectivity index (χ2n) is 4.88. The van der Waals surface area contributed by atoms with Crippen molar-refractivity contribution in [1.82, 2.24) is 0 Å². The molecule has 0 spiro atoms. The lowest BCUT2D eigenvalue weighted by molar-refractivity contribution is 0.0514. The molecule has 0 unspecified atom stereocenters. The van der Waals surface area contributed by atoms with Crippen LogP contribution in [0.15, 0.2) is 45.6 Å². The highest BCUT2D eigenvalue weighted by molar-refractivity contribution is 5.66. The van der Waals surface area contributed by atoms with Crippen LogP contribution in [0, 0.1) is 6.92 Å². The van der Waals surface area contributed by atoms with Gasteiger partial charge in [0.15, 0.2) is 0 Å². The van der Waals surface area contributed by atoms with E-state index in [1.54, 1.807) is 26.8 Å².